The fourth-order valence-corrected chi connectivity index (χ4v) is 0.832. The van der Waals surface area contributed by atoms with E-state index in [1.54, 1.807) is 25.1 Å². The second kappa shape index (κ2) is 3.14. The first-order chi connectivity index (χ1) is 5.25. The highest BCUT2D eigenvalue weighted by atomic mass is 19.1. The third-order valence-corrected chi connectivity index (χ3v) is 1.42. The van der Waals surface area contributed by atoms with Gasteiger partial charge >= 0.3 is 0 Å². The lowest BCUT2D eigenvalue weighted by Crippen LogP contribution is -1.90. The molecule has 1 rings (SSSR count). The Balaban J connectivity index is 3.16. The summed E-state index contributed by atoms with van der Waals surface area (Å²) in [6, 6.07) is 4.90. The van der Waals surface area contributed by atoms with Gasteiger partial charge in [-0.1, -0.05) is 23.4 Å². The van der Waals surface area contributed by atoms with E-state index in [0.717, 1.165) is 6.21 Å². The molecule has 0 atom stereocenters. The number of halogens is 1. The highest BCUT2D eigenvalue weighted by Crippen LogP contribution is 2.09. The van der Waals surface area contributed by atoms with Gasteiger partial charge in [-0.2, -0.15) is 0 Å². The Morgan fingerprint density at radius 1 is 1.55 bits per heavy atom. The minimum absolute atomic E-state index is 0.299. The van der Waals surface area contributed by atoms with Gasteiger partial charge in [0.15, 0.2) is 0 Å². The molecule has 0 aromatic heterocycles. The average Bonchev–Trinajstić information content (AvgIpc) is 1.99. The topological polar surface area (TPSA) is 32.6 Å². The smallest absolute Gasteiger partial charge is 0.134 e. The Morgan fingerprint density at radius 2 is 2.27 bits per heavy atom. The second-order valence-electron chi connectivity index (χ2n) is 2.22. The molecule has 0 aliphatic carbocycles. The van der Waals surface area contributed by atoms with E-state index in [0.29, 0.717) is 11.1 Å². The van der Waals surface area contributed by atoms with Gasteiger partial charge in [-0.3, -0.25) is 0 Å². The van der Waals surface area contributed by atoms with Crippen LogP contribution in [0.3, 0.4) is 0 Å². The van der Waals surface area contributed by atoms with Crippen LogP contribution in [0.4, 0.5) is 4.39 Å². The van der Waals surface area contributed by atoms with E-state index in [1.165, 1.54) is 0 Å². The lowest BCUT2D eigenvalue weighted by atomic mass is 10.1. The summed E-state index contributed by atoms with van der Waals surface area (Å²) in [4.78, 5) is 0. The molecule has 58 valence electrons. The monoisotopic (exact) mass is 153 g/mol. The number of hydrogen-bond donors (Lipinski definition) is 1. The molecule has 0 spiro atoms. The zero-order chi connectivity index (χ0) is 8.27. The van der Waals surface area contributed by atoms with E-state index >= 15 is 0 Å². The summed E-state index contributed by atoms with van der Waals surface area (Å²) in [6.45, 7) is 1.66. The molecule has 3 heteroatoms. The third-order valence-electron chi connectivity index (χ3n) is 1.42. The summed E-state index contributed by atoms with van der Waals surface area (Å²) >= 11 is 0. The number of nitrogens with zero attached hydrogens (tertiary/aromatic N) is 1. The normalized spacial score (nSPS) is 10.7. The molecule has 0 fully saturated rings. The Morgan fingerprint density at radius 3 is 2.91 bits per heavy atom. The fourth-order valence-electron chi connectivity index (χ4n) is 0.832. The largest absolute Gasteiger partial charge is 0.411 e. The van der Waals surface area contributed by atoms with E-state index in [9.17, 15) is 4.39 Å². The van der Waals surface area contributed by atoms with Crippen molar-refractivity contribution in [1.82, 2.24) is 0 Å². The Labute approximate surface area is 64.0 Å². The quantitative estimate of drug-likeness (QED) is 0.373. The van der Waals surface area contributed by atoms with Crippen LogP contribution in [0.25, 0.3) is 0 Å². The molecule has 0 saturated heterocycles. The van der Waals surface area contributed by atoms with Gasteiger partial charge in [-0.15, -0.1) is 0 Å². The van der Waals surface area contributed by atoms with E-state index in [1.807, 2.05) is 0 Å². The van der Waals surface area contributed by atoms with E-state index < -0.39 is 0 Å². The summed E-state index contributed by atoms with van der Waals surface area (Å²) in [7, 11) is 0. The van der Waals surface area contributed by atoms with Crippen molar-refractivity contribution in [1.29, 1.82) is 0 Å². The average molecular weight is 153 g/mol. The van der Waals surface area contributed by atoms with E-state index in [4.69, 9.17) is 5.21 Å². The van der Waals surface area contributed by atoms with Crippen LogP contribution in [-0.2, 0) is 0 Å². The van der Waals surface area contributed by atoms with Crippen LogP contribution >= 0.6 is 0 Å². The highest BCUT2D eigenvalue weighted by molar-refractivity contribution is 5.79. The fraction of sp³-hybridized carbons (Fsp3) is 0.125. The summed E-state index contributed by atoms with van der Waals surface area (Å²) in [5.74, 6) is -0.342. The molecule has 2 nitrogen and oxygen atoms in total. The third kappa shape index (κ3) is 1.55. The van der Waals surface area contributed by atoms with Gasteiger partial charge in [0.1, 0.15) is 5.82 Å². The van der Waals surface area contributed by atoms with Gasteiger partial charge in [0.05, 0.1) is 6.21 Å². The zero-order valence-corrected chi connectivity index (χ0v) is 6.08. The first-order valence-corrected chi connectivity index (χ1v) is 3.18. The van der Waals surface area contributed by atoms with Gasteiger partial charge in [0.2, 0.25) is 0 Å². The SMILES string of the molecule is Cc1cccc(C=NO)c1F. The second-order valence-corrected chi connectivity index (χ2v) is 2.22. The van der Waals surface area contributed by atoms with Gasteiger partial charge in [0.25, 0.3) is 0 Å². The number of benzene rings is 1. The lowest BCUT2D eigenvalue weighted by molar-refractivity contribution is 0.321. The Kier molecular flexibility index (Phi) is 2.21. The van der Waals surface area contributed by atoms with Gasteiger partial charge in [-0.25, -0.2) is 4.39 Å². The predicted octanol–water partition coefficient (Wildman–Crippen LogP) is 1.94. The summed E-state index contributed by atoms with van der Waals surface area (Å²) in [6.07, 6.45) is 1.07. The predicted molar refractivity (Wildman–Crippen MR) is 40.5 cm³/mol. The number of hydrogen-bond acceptors (Lipinski definition) is 2. The van der Waals surface area contributed by atoms with Crippen molar-refractivity contribution in [2.24, 2.45) is 5.16 Å². The van der Waals surface area contributed by atoms with Gasteiger partial charge in [0, 0.05) is 5.56 Å². The van der Waals surface area contributed by atoms with E-state index in [2.05, 4.69) is 5.16 Å². The van der Waals surface area contributed by atoms with Crippen molar-refractivity contribution in [2.45, 2.75) is 6.92 Å². The molecule has 11 heavy (non-hydrogen) atoms. The Bertz CT molecular complexity index is 283. The van der Waals surface area contributed by atoms with Gasteiger partial charge < -0.3 is 5.21 Å². The molecule has 0 radical (unpaired) electrons. The van der Waals surface area contributed by atoms with Crippen LogP contribution in [0.2, 0.25) is 0 Å². The maximum atomic E-state index is 13.0. The maximum absolute atomic E-state index is 13.0. The van der Waals surface area contributed by atoms with Crippen LogP contribution in [0, 0.1) is 12.7 Å². The molecule has 0 aliphatic rings. The molecule has 1 aromatic rings. The highest BCUT2D eigenvalue weighted by Gasteiger charge is 2.00. The Hall–Kier alpha value is -1.38. The minimum Gasteiger partial charge on any atom is -0.411 e. The van der Waals surface area contributed by atoms with Crippen molar-refractivity contribution < 1.29 is 9.60 Å². The molecular formula is C8H8FNO. The molecule has 0 saturated carbocycles. The van der Waals surface area contributed by atoms with Crippen LogP contribution in [-0.4, -0.2) is 11.4 Å². The van der Waals surface area contributed by atoms with E-state index in [-0.39, 0.29) is 5.82 Å². The van der Waals surface area contributed by atoms with Gasteiger partial charge in [-0.05, 0) is 12.5 Å². The molecule has 1 N–H and O–H groups in total. The lowest BCUT2D eigenvalue weighted by Gasteiger charge is -1.97. The number of aryl methyl sites for hydroxylation is 1. The molecular weight excluding hydrogens is 145 g/mol. The van der Waals surface area contributed by atoms with Crippen LogP contribution in [0.15, 0.2) is 23.4 Å². The van der Waals surface area contributed by atoms with Crippen molar-refractivity contribution in [3.05, 3.63) is 35.1 Å². The minimum atomic E-state index is -0.342. The standard InChI is InChI=1S/C8H8FNO/c1-6-3-2-4-7(5-10-11)8(6)9/h2-5,11H,1H3. The molecule has 0 bridgehead atoms. The van der Waals surface area contributed by atoms with Crippen LogP contribution < -0.4 is 0 Å². The number of rotatable bonds is 1. The molecule has 0 heterocycles. The summed E-state index contributed by atoms with van der Waals surface area (Å²) in [5.41, 5.74) is 0.843. The van der Waals surface area contributed by atoms with Crippen molar-refractivity contribution >= 4 is 6.21 Å². The molecule has 0 amide bonds. The van der Waals surface area contributed by atoms with Crippen LogP contribution in [0.5, 0.6) is 0 Å². The molecule has 0 aliphatic heterocycles. The van der Waals surface area contributed by atoms with Crippen molar-refractivity contribution in [3.63, 3.8) is 0 Å². The maximum Gasteiger partial charge on any atom is 0.134 e. The molecule has 0 unspecified atom stereocenters. The molecule has 1 aromatic carbocycles. The summed E-state index contributed by atoms with van der Waals surface area (Å²) in [5, 5.41) is 10.9. The first-order valence-electron chi connectivity index (χ1n) is 3.18. The zero-order valence-electron chi connectivity index (χ0n) is 6.08. The van der Waals surface area contributed by atoms with Crippen LogP contribution in [0.1, 0.15) is 11.1 Å². The van der Waals surface area contributed by atoms with Crippen molar-refractivity contribution in [3.8, 4) is 0 Å². The van der Waals surface area contributed by atoms with Crippen molar-refractivity contribution in [2.75, 3.05) is 0 Å². The summed E-state index contributed by atoms with van der Waals surface area (Å²) < 4.78 is 13.0. The number of oxime groups is 1. The first kappa shape index (κ1) is 7.72.